The second-order valence-electron chi connectivity index (χ2n) is 3.66. The molecule has 0 saturated carbocycles. The third-order valence-corrected chi connectivity index (χ3v) is 2.31. The fraction of sp³-hybridized carbons (Fsp3) is 0.500. The molecular formula is C12H15F3O2. The largest absolute Gasteiger partial charge is 0.490 e. The van der Waals surface area contributed by atoms with Crippen LogP contribution in [0.2, 0.25) is 0 Å². The molecule has 1 N–H and O–H groups in total. The molecular weight excluding hydrogens is 233 g/mol. The highest BCUT2D eigenvalue weighted by molar-refractivity contribution is 5.26. The third kappa shape index (κ3) is 4.26. The molecule has 0 spiro atoms. The van der Waals surface area contributed by atoms with Crippen LogP contribution in [0.3, 0.4) is 0 Å². The lowest BCUT2D eigenvalue weighted by Crippen LogP contribution is -2.02. The van der Waals surface area contributed by atoms with Crippen molar-refractivity contribution in [3.05, 3.63) is 29.6 Å². The molecule has 0 radical (unpaired) electrons. The van der Waals surface area contributed by atoms with Crippen LogP contribution in [0.5, 0.6) is 5.75 Å². The minimum Gasteiger partial charge on any atom is -0.490 e. The zero-order valence-corrected chi connectivity index (χ0v) is 9.39. The molecule has 0 aliphatic heterocycles. The van der Waals surface area contributed by atoms with Gasteiger partial charge in [-0.2, -0.15) is 4.39 Å². The fourth-order valence-corrected chi connectivity index (χ4v) is 1.37. The van der Waals surface area contributed by atoms with Crippen LogP contribution >= 0.6 is 0 Å². The summed E-state index contributed by atoms with van der Waals surface area (Å²) in [7, 11) is 0. The summed E-state index contributed by atoms with van der Waals surface area (Å²) >= 11 is 0. The van der Waals surface area contributed by atoms with Crippen molar-refractivity contribution < 1.29 is 23.0 Å². The lowest BCUT2D eigenvalue weighted by Gasteiger charge is -2.07. The minimum atomic E-state index is -1.51. The molecule has 1 aromatic rings. The lowest BCUT2D eigenvalue weighted by molar-refractivity contribution is 0.267. The first-order valence-corrected chi connectivity index (χ1v) is 5.54. The van der Waals surface area contributed by atoms with Gasteiger partial charge in [0.05, 0.1) is 6.61 Å². The number of aliphatic hydroxyl groups excluding tert-OH is 1. The SMILES string of the molecule is OCCCCCCOc1ccc(F)c(F)c1F. The monoisotopic (exact) mass is 248 g/mol. The van der Waals surface area contributed by atoms with E-state index in [0.717, 1.165) is 31.4 Å². The van der Waals surface area contributed by atoms with Gasteiger partial charge in [0.25, 0.3) is 0 Å². The topological polar surface area (TPSA) is 29.5 Å². The van der Waals surface area contributed by atoms with Crippen LogP contribution in [0.1, 0.15) is 25.7 Å². The van der Waals surface area contributed by atoms with Crippen molar-refractivity contribution in [2.45, 2.75) is 25.7 Å². The second-order valence-corrected chi connectivity index (χ2v) is 3.66. The van der Waals surface area contributed by atoms with E-state index in [1.54, 1.807) is 0 Å². The van der Waals surface area contributed by atoms with Gasteiger partial charge in [0.15, 0.2) is 17.4 Å². The Bertz CT molecular complexity index is 356. The molecule has 0 bridgehead atoms. The summed E-state index contributed by atoms with van der Waals surface area (Å²) in [5, 5.41) is 8.54. The Kier molecular flexibility index (Phi) is 5.83. The number of rotatable bonds is 7. The summed E-state index contributed by atoms with van der Waals surface area (Å²) < 4.78 is 43.5. The Hall–Kier alpha value is -1.23. The van der Waals surface area contributed by atoms with E-state index in [2.05, 4.69) is 0 Å². The zero-order valence-electron chi connectivity index (χ0n) is 9.39. The molecule has 5 heteroatoms. The van der Waals surface area contributed by atoms with Crippen LogP contribution in [0.15, 0.2) is 12.1 Å². The van der Waals surface area contributed by atoms with Crippen LogP contribution in [0.25, 0.3) is 0 Å². The maximum atomic E-state index is 13.1. The number of unbranched alkanes of at least 4 members (excludes halogenated alkanes) is 3. The second kappa shape index (κ2) is 7.17. The van der Waals surface area contributed by atoms with Crippen molar-refractivity contribution >= 4 is 0 Å². The molecule has 0 atom stereocenters. The summed E-state index contributed by atoms with van der Waals surface area (Å²) in [5.41, 5.74) is 0. The molecule has 1 aromatic carbocycles. The van der Waals surface area contributed by atoms with Crippen molar-refractivity contribution in [2.75, 3.05) is 13.2 Å². The first-order valence-electron chi connectivity index (χ1n) is 5.54. The normalized spacial score (nSPS) is 10.6. The molecule has 96 valence electrons. The minimum absolute atomic E-state index is 0.151. The van der Waals surface area contributed by atoms with E-state index >= 15 is 0 Å². The van der Waals surface area contributed by atoms with Crippen molar-refractivity contribution in [2.24, 2.45) is 0 Å². The first kappa shape index (κ1) is 13.8. The van der Waals surface area contributed by atoms with Gasteiger partial charge in [0.1, 0.15) is 0 Å². The summed E-state index contributed by atoms with van der Waals surface area (Å²) in [5.74, 6) is -4.30. The van der Waals surface area contributed by atoms with Crippen molar-refractivity contribution in [3.8, 4) is 5.75 Å². The van der Waals surface area contributed by atoms with Gasteiger partial charge in [-0.25, -0.2) is 8.78 Å². The van der Waals surface area contributed by atoms with Gasteiger partial charge in [-0.1, -0.05) is 6.42 Å². The molecule has 1 rings (SSSR count). The van der Waals surface area contributed by atoms with E-state index < -0.39 is 17.5 Å². The molecule has 2 nitrogen and oxygen atoms in total. The average Bonchev–Trinajstić information content (AvgIpc) is 2.33. The Morgan fingerprint density at radius 2 is 1.65 bits per heavy atom. The van der Waals surface area contributed by atoms with E-state index in [-0.39, 0.29) is 19.0 Å². The number of ether oxygens (including phenoxy) is 1. The van der Waals surface area contributed by atoms with Crippen LogP contribution in [0, 0.1) is 17.5 Å². The van der Waals surface area contributed by atoms with Crippen LogP contribution < -0.4 is 4.74 Å². The van der Waals surface area contributed by atoms with Gasteiger partial charge >= 0.3 is 0 Å². The van der Waals surface area contributed by atoms with E-state index in [9.17, 15) is 13.2 Å². The highest BCUT2D eigenvalue weighted by Crippen LogP contribution is 2.21. The molecule has 0 saturated heterocycles. The van der Waals surface area contributed by atoms with Gasteiger partial charge < -0.3 is 9.84 Å². The predicted molar refractivity (Wildman–Crippen MR) is 57.4 cm³/mol. The highest BCUT2D eigenvalue weighted by atomic mass is 19.2. The first-order chi connectivity index (χ1) is 8.16. The lowest BCUT2D eigenvalue weighted by atomic mass is 10.2. The molecule has 0 unspecified atom stereocenters. The van der Waals surface area contributed by atoms with Crippen molar-refractivity contribution in [3.63, 3.8) is 0 Å². The zero-order chi connectivity index (χ0) is 12.7. The Morgan fingerprint density at radius 3 is 2.35 bits per heavy atom. The Morgan fingerprint density at radius 1 is 0.941 bits per heavy atom. The molecule has 0 fully saturated rings. The summed E-state index contributed by atoms with van der Waals surface area (Å²) in [6.07, 6.45) is 3.10. The van der Waals surface area contributed by atoms with E-state index in [1.165, 1.54) is 0 Å². The molecule has 0 aliphatic carbocycles. The van der Waals surface area contributed by atoms with Gasteiger partial charge in [0.2, 0.25) is 5.82 Å². The summed E-state index contributed by atoms with van der Waals surface area (Å²) in [6, 6.07) is 1.90. The van der Waals surface area contributed by atoms with E-state index in [0.29, 0.717) is 6.42 Å². The Balaban J connectivity index is 2.35. The standard InChI is InChI=1S/C12H15F3O2/c13-9-5-6-10(12(15)11(9)14)17-8-4-2-1-3-7-16/h5-6,16H,1-4,7-8H2. The highest BCUT2D eigenvalue weighted by Gasteiger charge is 2.13. The molecule has 17 heavy (non-hydrogen) atoms. The maximum absolute atomic E-state index is 13.1. The molecule has 0 amide bonds. The number of hydrogen-bond acceptors (Lipinski definition) is 2. The van der Waals surface area contributed by atoms with Gasteiger partial charge in [-0.3, -0.25) is 0 Å². The van der Waals surface area contributed by atoms with Gasteiger partial charge in [0, 0.05) is 6.61 Å². The molecule has 0 aromatic heterocycles. The van der Waals surface area contributed by atoms with E-state index in [4.69, 9.17) is 9.84 Å². The van der Waals surface area contributed by atoms with Crippen LogP contribution in [0.4, 0.5) is 13.2 Å². The molecule has 0 aliphatic rings. The van der Waals surface area contributed by atoms with Crippen LogP contribution in [-0.2, 0) is 0 Å². The summed E-state index contributed by atoms with van der Waals surface area (Å²) in [6.45, 7) is 0.395. The van der Waals surface area contributed by atoms with E-state index in [1.807, 2.05) is 0 Å². The average molecular weight is 248 g/mol. The predicted octanol–water partition coefficient (Wildman–Crippen LogP) is 3.04. The Labute approximate surface area is 98.0 Å². The number of halogens is 3. The number of benzene rings is 1. The fourth-order valence-electron chi connectivity index (χ4n) is 1.37. The van der Waals surface area contributed by atoms with Crippen LogP contribution in [-0.4, -0.2) is 18.3 Å². The van der Waals surface area contributed by atoms with Crippen molar-refractivity contribution in [1.82, 2.24) is 0 Å². The maximum Gasteiger partial charge on any atom is 0.203 e. The van der Waals surface area contributed by atoms with Crippen molar-refractivity contribution in [1.29, 1.82) is 0 Å². The van der Waals surface area contributed by atoms with Gasteiger partial charge in [-0.15, -0.1) is 0 Å². The number of hydrogen-bond donors (Lipinski definition) is 1. The smallest absolute Gasteiger partial charge is 0.203 e. The third-order valence-electron chi connectivity index (χ3n) is 2.31. The quantitative estimate of drug-likeness (QED) is 0.593. The summed E-state index contributed by atoms with van der Waals surface area (Å²) in [4.78, 5) is 0. The van der Waals surface area contributed by atoms with Gasteiger partial charge in [-0.05, 0) is 31.4 Å². The number of aliphatic hydroxyl groups is 1. The molecule has 0 heterocycles.